The van der Waals surface area contributed by atoms with Gasteiger partial charge in [0, 0.05) is 39.0 Å². The summed E-state index contributed by atoms with van der Waals surface area (Å²) in [6.45, 7) is 4.61. The summed E-state index contributed by atoms with van der Waals surface area (Å²) in [5.74, 6) is -1.17. The Bertz CT molecular complexity index is 1710. The number of halogens is 2. The fourth-order valence-corrected chi connectivity index (χ4v) is 4.53. The van der Waals surface area contributed by atoms with Crippen molar-refractivity contribution >= 4 is 17.1 Å². The molecule has 0 aliphatic heterocycles. The van der Waals surface area contributed by atoms with E-state index >= 15 is 4.39 Å². The van der Waals surface area contributed by atoms with Crippen LogP contribution in [0.5, 0.6) is 5.88 Å². The highest BCUT2D eigenvalue weighted by molar-refractivity contribution is 5.79. The lowest BCUT2D eigenvalue weighted by atomic mass is 9.96. The Hall–Kier alpha value is -4.61. The Morgan fingerprint density at radius 1 is 1.20 bits per heavy atom. The molecule has 0 saturated heterocycles. The number of methoxy groups -OCH3 is 1. The van der Waals surface area contributed by atoms with E-state index in [9.17, 15) is 4.39 Å². The lowest BCUT2D eigenvalue weighted by Gasteiger charge is -2.18. The SMILES string of the molecule is [2H]C1(COc2cccc(-c3ccc(Cc4nc5ccc(C=C)cc5n4CCOC)c(F)c3)n2)C=CC(C#N)=CC1F. The van der Waals surface area contributed by atoms with Gasteiger partial charge in [0.1, 0.15) is 17.8 Å². The first-order chi connectivity index (χ1) is 19.8. The van der Waals surface area contributed by atoms with E-state index in [2.05, 4.69) is 11.6 Å². The summed E-state index contributed by atoms with van der Waals surface area (Å²) in [7, 11) is 1.64. The number of pyridine rings is 1. The van der Waals surface area contributed by atoms with Crippen molar-refractivity contribution in [3.8, 4) is 23.2 Å². The molecule has 8 heteroatoms. The van der Waals surface area contributed by atoms with Gasteiger partial charge in [0.25, 0.3) is 0 Å². The van der Waals surface area contributed by atoms with E-state index < -0.39 is 17.9 Å². The molecular weight excluding hydrogens is 510 g/mol. The van der Waals surface area contributed by atoms with Gasteiger partial charge in [-0.05, 0) is 47.5 Å². The van der Waals surface area contributed by atoms with Crippen molar-refractivity contribution in [1.82, 2.24) is 14.5 Å². The van der Waals surface area contributed by atoms with Gasteiger partial charge in [-0.1, -0.05) is 43.0 Å². The first kappa shape index (κ1) is 25.7. The van der Waals surface area contributed by atoms with Crippen LogP contribution in [0.3, 0.4) is 0 Å². The van der Waals surface area contributed by atoms with Crippen LogP contribution in [0.15, 0.2) is 85.0 Å². The maximum Gasteiger partial charge on any atom is 0.213 e. The molecule has 4 aromatic rings. The molecule has 2 atom stereocenters. The molecule has 0 amide bonds. The topological polar surface area (TPSA) is 73.0 Å². The number of benzene rings is 2. The van der Waals surface area contributed by atoms with Gasteiger partial charge >= 0.3 is 0 Å². The summed E-state index contributed by atoms with van der Waals surface area (Å²) >= 11 is 0. The molecule has 0 fully saturated rings. The molecule has 1 aliphatic carbocycles. The Labute approximate surface area is 232 Å². The number of alkyl halides is 1. The normalized spacial score (nSPS) is 18.7. The Kier molecular flexibility index (Phi) is 7.73. The quantitative estimate of drug-likeness (QED) is 0.231. The first-order valence-corrected chi connectivity index (χ1v) is 12.8. The van der Waals surface area contributed by atoms with Crippen LogP contribution in [0.4, 0.5) is 8.78 Å². The number of allylic oxidation sites excluding steroid dienone is 3. The van der Waals surface area contributed by atoms with Gasteiger partial charge in [-0.25, -0.2) is 18.7 Å². The predicted molar refractivity (Wildman–Crippen MR) is 151 cm³/mol. The van der Waals surface area contributed by atoms with Gasteiger partial charge < -0.3 is 14.0 Å². The van der Waals surface area contributed by atoms with Crippen molar-refractivity contribution in [3.63, 3.8) is 0 Å². The Balaban J connectivity index is 1.35. The molecule has 1 aliphatic rings. The van der Waals surface area contributed by atoms with Crippen LogP contribution in [-0.2, 0) is 17.7 Å². The fraction of sp³-hybridized carbons (Fsp3) is 0.219. The molecule has 202 valence electrons. The average Bonchev–Trinajstić information content (AvgIpc) is 3.33. The molecular formula is C32H28F2N4O2. The van der Waals surface area contributed by atoms with E-state index in [1.54, 1.807) is 43.5 Å². The van der Waals surface area contributed by atoms with Gasteiger partial charge in [-0.2, -0.15) is 5.26 Å². The van der Waals surface area contributed by atoms with Crippen molar-refractivity contribution in [2.45, 2.75) is 19.1 Å². The molecule has 0 N–H and O–H groups in total. The van der Waals surface area contributed by atoms with Gasteiger partial charge in [-0.3, -0.25) is 0 Å². The standard InChI is InChI=1S/C32H28F2N4O2/c1-3-21-8-12-29-30(16-21)38(13-14-39-2)31(36-29)18-23-10-11-24(17-27(23)34)28-5-4-6-32(37-28)40-20-25-9-7-22(19-35)15-26(25)33/h3-12,15-17,25-26H,1,13-14,18,20H2,2H3/i25D. The minimum absolute atomic E-state index is 0.167. The van der Waals surface area contributed by atoms with Gasteiger partial charge in [0.15, 0.2) is 0 Å². The third kappa shape index (κ3) is 5.85. The molecule has 0 bridgehead atoms. The molecule has 2 aromatic heterocycles. The molecule has 5 rings (SSSR count). The monoisotopic (exact) mass is 539 g/mol. The molecule has 2 aromatic carbocycles. The zero-order valence-corrected chi connectivity index (χ0v) is 22.0. The van der Waals surface area contributed by atoms with Crippen LogP contribution in [0, 0.1) is 23.0 Å². The van der Waals surface area contributed by atoms with Crippen molar-refractivity contribution in [1.29, 1.82) is 5.26 Å². The van der Waals surface area contributed by atoms with Crippen LogP contribution >= 0.6 is 0 Å². The van der Waals surface area contributed by atoms with Crippen LogP contribution in [0.25, 0.3) is 28.4 Å². The van der Waals surface area contributed by atoms with Gasteiger partial charge in [-0.15, -0.1) is 0 Å². The van der Waals surface area contributed by atoms with E-state index in [1.165, 1.54) is 18.2 Å². The number of imidazole rings is 1. The van der Waals surface area contributed by atoms with Gasteiger partial charge in [0.05, 0.1) is 41.6 Å². The molecule has 0 spiro atoms. The number of rotatable bonds is 10. The first-order valence-electron chi connectivity index (χ1n) is 13.3. The molecule has 6 nitrogen and oxygen atoms in total. The number of hydrogen-bond acceptors (Lipinski definition) is 5. The zero-order valence-electron chi connectivity index (χ0n) is 23.0. The number of ether oxygens (including phenoxy) is 2. The molecule has 0 radical (unpaired) electrons. The Morgan fingerprint density at radius 3 is 2.83 bits per heavy atom. The highest BCUT2D eigenvalue weighted by atomic mass is 19.1. The number of nitriles is 1. The van der Waals surface area contributed by atoms with E-state index in [4.69, 9.17) is 21.1 Å². The highest BCUT2D eigenvalue weighted by Gasteiger charge is 2.21. The number of hydrogen-bond donors (Lipinski definition) is 0. The average molecular weight is 540 g/mol. The maximum atomic E-state index is 15.4. The minimum Gasteiger partial charge on any atom is -0.477 e. The summed E-state index contributed by atoms with van der Waals surface area (Å²) in [5.41, 5.74) is 4.39. The highest BCUT2D eigenvalue weighted by Crippen LogP contribution is 2.26. The summed E-state index contributed by atoms with van der Waals surface area (Å²) < 4.78 is 51.3. The minimum atomic E-state index is -1.70. The number of nitrogens with zero attached hydrogens (tertiary/aromatic N) is 4. The van der Waals surface area contributed by atoms with Gasteiger partial charge in [0.2, 0.25) is 5.88 Å². The third-order valence-corrected chi connectivity index (χ3v) is 6.70. The predicted octanol–water partition coefficient (Wildman–Crippen LogP) is 6.47. The van der Waals surface area contributed by atoms with Crippen LogP contribution in [0.2, 0.25) is 0 Å². The largest absolute Gasteiger partial charge is 0.477 e. The van der Waals surface area contributed by atoms with Crippen LogP contribution in [-0.4, -0.2) is 41.0 Å². The summed E-state index contributed by atoms with van der Waals surface area (Å²) in [6, 6.07) is 17.7. The van der Waals surface area contributed by atoms with Crippen molar-refractivity contribution < 1.29 is 19.6 Å². The fourth-order valence-electron chi connectivity index (χ4n) is 4.53. The van der Waals surface area contributed by atoms with E-state index in [-0.39, 0.29) is 24.5 Å². The molecule has 2 unspecified atom stereocenters. The van der Waals surface area contributed by atoms with E-state index in [0.29, 0.717) is 30.0 Å². The van der Waals surface area contributed by atoms with Crippen molar-refractivity contribution in [2.75, 3.05) is 20.3 Å². The summed E-state index contributed by atoms with van der Waals surface area (Å²) in [5, 5.41) is 8.95. The molecule has 0 saturated carbocycles. The van der Waals surface area contributed by atoms with E-state index in [0.717, 1.165) is 28.5 Å². The lowest BCUT2D eigenvalue weighted by Crippen LogP contribution is -2.22. The zero-order chi connectivity index (χ0) is 29.0. The van der Waals surface area contributed by atoms with Crippen LogP contribution in [0.1, 0.15) is 18.3 Å². The van der Waals surface area contributed by atoms with Crippen molar-refractivity contribution in [3.05, 3.63) is 108 Å². The molecule has 40 heavy (non-hydrogen) atoms. The smallest absolute Gasteiger partial charge is 0.213 e. The summed E-state index contributed by atoms with van der Waals surface area (Å²) in [6.07, 6.45) is 4.20. The second-order valence-electron chi connectivity index (χ2n) is 9.30. The maximum absolute atomic E-state index is 15.4. The van der Waals surface area contributed by atoms with Crippen LogP contribution < -0.4 is 4.74 Å². The second-order valence-corrected chi connectivity index (χ2v) is 9.30. The summed E-state index contributed by atoms with van der Waals surface area (Å²) in [4.78, 5) is 9.20. The van der Waals surface area contributed by atoms with E-state index in [1.807, 2.05) is 28.8 Å². The lowest BCUT2D eigenvalue weighted by molar-refractivity contribution is 0.187. The second kappa shape index (κ2) is 12.1. The Morgan fingerprint density at radius 2 is 2.08 bits per heavy atom. The molecule has 2 heterocycles. The number of fused-ring (bicyclic) bond motifs is 1. The third-order valence-electron chi connectivity index (χ3n) is 6.70. The van der Waals surface area contributed by atoms with Crippen molar-refractivity contribution in [2.24, 2.45) is 5.89 Å². The number of aromatic nitrogens is 3.